The van der Waals surface area contributed by atoms with Crippen molar-refractivity contribution < 1.29 is 5.11 Å². The molecule has 0 amide bonds. The molecule has 5 nitrogen and oxygen atoms in total. The number of likely N-dealkylation sites (tertiary alicyclic amines) is 1. The zero-order valence-electron chi connectivity index (χ0n) is 14.8. The summed E-state index contributed by atoms with van der Waals surface area (Å²) in [5.41, 5.74) is 0. The predicted molar refractivity (Wildman–Crippen MR) is 94.4 cm³/mol. The molecular weight excluding hydrogens is 276 g/mol. The highest BCUT2D eigenvalue weighted by Gasteiger charge is 2.15. The Morgan fingerprint density at radius 3 is 2.45 bits per heavy atom. The molecule has 1 saturated heterocycles. The summed E-state index contributed by atoms with van der Waals surface area (Å²) >= 11 is 0. The van der Waals surface area contributed by atoms with Crippen LogP contribution in [0.1, 0.15) is 52.9 Å². The standard InChI is InChI=1S/C17H36N4O/c1-4-15(5-2)14-20-17(18-6-3)19-10-7-11-21-12-8-16(22)9-13-21/h15-16,22H,4-14H2,1-3H3,(H2,18,19,20). The van der Waals surface area contributed by atoms with E-state index in [1.165, 1.54) is 12.8 Å². The van der Waals surface area contributed by atoms with Crippen LogP contribution in [0.3, 0.4) is 0 Å². The molecule has 1 aliphatic rings. The first-order chi connectivity index (χ1) is 10.7. The van der Waals surface area contributed by atoms with E-state index in [1.807, 2.05) is 0 Å². The van der Waals surface area contributed by atoms with Crippen molar-refractivity contribution in [2.75, 3.05) is 39.3 Å². The topological polar surface area (TPSA) is 59.9 Å². The molecule has 0 aromatic heterocycles. The lowest BCUT2D eigenvalue weighted by Gasteiger charge is -2.29. The molecule has 130 valence electrons. The lowest BCUT2D eigenvalue weighted by atomic mass is 10.0. The second-order valence-corrected chi connectivity index (χ2v) is 6.26. The van der Waals surface area contributed by atoms with Crippen LogP contribution in [-0.2, 0) is 0 Å². The maximum atomic E-state index is 9.51. The quantitative estimate of drug-likeness (QED) is 0.345. The molecule has 3 N–H and O–H groups in total. The maximum Gasteiger partial charge on any atom is 0.191 e. The lowest BCUT2D eigenvalue weighted by molar-refractivity contribution is 0.0823. The Morgan fingerprint density at radius 1 is 1.18 bits per heavy atom. The Hall–Kier alpha value is -0.810. The average Bonchev–Trinajstić information content (AvgIpc) is 2.54. The van der Waals surface area contributed by atoms with E-state index in [2.05, 4.69) is 36.3 Å². The fourth-order valence-electron chi connectivity index (χ4n) is 2.76. The van der Waals surface area contributed by atoms with Gasteiger partial charge in [0.05, 0.1) is 6.10 Å². The molecule has 5 heteroatoms. The van der Waals surface area contributed by atoms with Gasteiger partial charge in [-0.2, -0.15) is 0 Å². The minimum atomic E-state index is -0.0769. The van der Waals surface area contributed by atoms with Crippen molar-refractivity contribution in [1.29, 1.82) is 0 Å². The van der Waals surface area contributed by atoms with Crippen molar-refractivity contribution in [3.05, 3.63) is 0 Å². The highest BCUT2D eigenvalue weighted by molar-refractivity contribution is 5.79. The summed E-state index contributed by atoms with van der Waals surface area (Å²) in [4.78, 5) is 7.14. The molecule has 0 aromatic carbocycles. The van der Waals surface area contributed by atoms with E-state index in [4.69, 9.17) is 4.99 Å². The minimum absolute atomic E-state index is 0.0769. The van der Waals surface area contributed by atoms with Crippen molar-refractivity contribution in [3.63, 3.8) is 0 Å². The number of hydrogen-bond acceptors (Lipinski definition) is 3. The Kier molecular flexibility index (Phi) is 10.2. The zero-order chi connectivity index (χ0) is 16.2. The van der Waals surface area contributed by atoms with Gasteiger partial charge in [-0.25, -0.2) is 0 Å². The van der Waals surface area contributed by atoms with E-state index in [-0.39, 0.29) is 6.10 Å². The number of rotatable bonds is 9. The summed E-state index contributed by atoms with van der Waals surface area (Å²) in [6, 6.07) is 0. The summed E-state index contributed by atoms with van der Waals surface area (Å²) in [5.74, 6) is 1.64. The highest BCUT2D eigenvalue weighted by Crippen LogP contribution is 2.09. The van der Waals surface area contributed by atoms with E-state index < -0.39 is 0 Å². The van der Waals surface area contributed by atoms with E-state index in [9.17, 15) is 5.11 Å². The van der Waals surface area contributed by atoms with Gasteiger partial charge in [-0.05, 0) is 38.6 Å². The van der Waals surface area contributed by atoms with Crippen LogP contribution in [-0.4, -0.2) is 61.3 Å². The van der Waals surface area contributed by atoms with Crippen LogP contribution < -0.4 is 10.6 Å². The van der Waals surface area contributed by atoms with Crippen LogP contribution in [0.15, 0.2) is 4.99 Å². The number of aliphatic imine (C=N–C) groups is 1. The predicted octanol–water partition coefficient (Wildman–Crippen LogP) is 1.82. The van der Waals surface area contributed by atoms with Gasteiger partial charge in [0.2, 0.25) is 0 Å². The third-order valence-corrected chi connectivity index (χ3v) is 4.51. The summed E-state index contributed by atoms with van der Waals surface area (Å²) in [6.45, 7) is 12.5. The Balaban J connectivity index is 2.21. The first-order valence-corrected chi connectivity index (χ1v) is 9.12. The van der Waals surface area contributed by atoms with Gasteiger partial charge in [0.25, 0.3) is 0 Å². The number of piperidine rings is 1. The van der Waals surface area contributed by atoms with Gasteiger partial charge in [-0.15, -0.1) is 0 Å². The Labute approximate surface area is 136 Å². The molecule has 0 aliphatic carbocycles. The number of hydrogen-bond donors (Lipinski definition) is 3. The summed E-state index contributed by atoms with van der Waals surface area (Å²) in [5, 5.41) is 16.3. The molecule has 0 saturated carbocycles. The Bertz CT molecular complexity index is 297. The van der Waals surface area contributed by atoms with Crippen molar-refractivity contribution >= 4 is 5.96 Å². The average molecular weight is 313 g/mol. The largest absolute Gasteiger partial charge is 0.393 e. The van der Waals surface area contributed by atoms with Gasteiger partial charge in [0.15, 0.2) is 5.96 Å². The van der Waals surface area contributed by atoms with E-state index in [1.54, 1.807) is 0 Å². The molecule has 0 spiro atoms. The second kappa shape index (κ2) is 11.7. The molecule has 1 heterocycles. The smallest absolute Gasteiger partial charge is 0.191 e. The van der Waals surface area contributed by atoms with Gasteiger partial charge in [-0.1, -0.05) is 26.7 Å². The molecular formula is C17H36N4O. The van der Waals surface area contributed by atoms with Crippen LogP contribution >= 0.6 is 0 Å². The van der Waals surface area contributed by atoms with E-state index in [0.29, 0.717) is 5.92 Å². The third-order valence-electron chi connectivity index (χ3n) is 4.51. The summed E-state index contributed by atoms with van der Waals surface area (Å²) < 4.78 is 0. The van der Waals surface area contributed by atoms with Gasteiger partial charge in [0.1, 0.15) is 0 Å². The number of guanidine groups is 1. The molecule has 1 fully saturated rings. The van der Waals surface area contributed by atoms with Crippen LogP contribution in [0.25, 0.3) is 0 Å². The monoisotopic (exact) mass is 312 g/mol. The van der Waals surface area contributed by atoms with E-state index in [0.717, 1.165) is 64.5 Å². The fourth-order valence-corrected chi connectivity index (χ4v) is 2.76. The maximum absolute atomic E-state index is 9.51. The lowest BCUT2D eigenvalue weighted by Crippen LogP contribution is -2.40. The first kappa shape index (κ1) is 19.2. The fraction of sp³-hybridized carbons (Fsp3) is 0.941. The molecule has 0 bridgehead atoms. The van der Waals surface area contributed by atoms with Crippen LogP contribution in [0.4, 0.5) is 0 Å². The molecule has 0 radical (unpaired) electrons. The molecule has 22 heavy (non-hydrogen) atoms. The zero-order valence-corrected chi connectivity index (χ0v) is 14.8. The summed E-state index contributed by atoms with van der Waals surface area (Å²) in [7, 11) is 0. The van der Waals surface area contributed by atoms with Crippen molar-refractivity contribution in [3.8, 4) is 0 Å². The molecule has 0 unspecified atom stereocenters. The van der Waals surface area contributed by atoms with Crippen molar-refractivity contribution in [1.82, 2.24) is 15.5 Å². The van der Waals surface area contributed by atoms with Crippen LogP contribution in [0, 0.1) is 5.92 Å². The summed E-state index contributed by atoms with van der Waals surface area (Å²) in [6.07, 6.45) is 5.28. The van der Waals surface area contributed by atoms with Gasteiger partial charge < -0.3 is 20.6 Å². The molecule has 0 atom stereocenters. The molecule has 0 aromatic rings. The highest BCUT2D eigenvalue weighted by atomic mass is 16.3. The Morgan fingerprint density at radius 2 is 1.86 bits per heavy atom. The molecule has 1 aliphatic heterocycles. The van der Waals surface area contributed by atoms with Crippen LogP contribution in [0.5, 0.6) is 0 Å². The number of nitrogens with one attached hydrogen (secondary N) is 2. The van der Waals surface area contributed by atoms with Crippen LogP contribution in [0.2, 0.25) is 0 Å². The van der Waals surface area contributed by atoms with Gasteiger partial charge in [0, 0.05) is 32.7 Å². The SMILES string of the molecule is CCNC(=NCC(CC)CC)NCCCN1CCC(O)CC1. The van der Waals surface area contributed by atoms with Gasteiger partial charge in [-0.3, -0.25) is 4.99 Å². The number of aliphatic hydroxyl groups excluding tert-OH is 1. The molecule has 1 rings (SSSR count). The number of aliphatic hydroxyl groups is 1. The first-order valence-electron chi connectivity index (χ1n) is 9.12. The van der Waals surface area contributed by atoms with Crippen molar-refractivity contribution in [2.24, 2.45) is 10.9 Å². The third kappa shape index (κ3) is 7.99. The van der Waals surface area contributed by atoms with E-state index >= 15 is 0 Å². The minimum Gasteiger partial charge on any atom is -0.393 e. The van der Waals surface area contributed by atoms with Gasteiger partial charge >= 0.3 is 0 Å². The number of nitrogens with zero attached hydrogens (tertiary/aromatic N) is 2. The normalized spacial score (nSPS) is 18.0. The second-order valence-electron chi connectivity index (χ2n) is 6.26. The van der Waals surface area contributed by atoms with Crippen molar-refractivity contribution in [2.45, 2.75) is 59.0 Å².